The lowest BCUT2D eigenvalue weighted by Gasteiger charge is -2.26. The SMILES string of the molecule is COc1ncc(Cl)cc1Nc1ncc2c(n1)n(C1CCOc3c(F)cccc31)c(=O)n2COCC[Si](C)(C)C. The van der Waals surface area contributed by atoms with E-state index < -0.39 is 19.9 Å². The number of pyridine rings is 1. The molecule has 1 aliphatic rings. The van der Waals surface area contributed by atoms with Gasteiger partial charge in [0.1, 0.15) is 17.9 Å². The Morgan fingerprint density at radius 3 is 2.85 bits per heavy atom. The van der Waals surface area contributed by atoms with Crippen LogP contribution < -0.4 is 20.5 Å². The molecule has 10 nitrogen and oxygen atoms in total. The van der Waals surface area contributed by atoms with E-state index in [9.17, 15) is 9.18 Å². The van der Waals surface area contributed by atoms with Crippen LogP contribution in [0.5, 0.6) is 11.6 Å². The maximum atomic E-state index is 14.6. The van der Waals surface area contributed by atoms with Crippen molar-refractivity contribution in [3.63, 3.8) is 0 Å². The summed E-state index contributed by atoms with van der Waals surface area (Å²) in [6.07, 6.45) is 3.50. The van der Waals surface area contributed by atoms with Crippen LogP contribution in [-0.4, -0.2) is 52.5 Å². The molecule has 0 spiro atoms. The molecule has 0 bridgehead atoms. The Bertz CT molecular complexity index is 1570. The standard InChI is InChI=1S/C26H30ClFN6O4Si/c1-36-24-19(12-16(27)13-29-24)31-25-30-14-21-23(32-25)34(26(35)33(21)15-37-10-11-39(2,3)4)20-8-9-38-22-17(20)6-5-7-18(22)28/h5-7,12-14,20H,8-11,15H2,1-4H3,(H,30,31,32). The maximum absolute atomic E-state index is 14.6. The summed E-state index contributed by atoms with van der Waals surface area (Å²) in [5.41, 5.74) is 1.59. The van der Waals surface area contributed by atoms with Crippen LogP contribution in [0.15, 0.2) is 41.5 Å². The van der Waals surface area contributed by atoms with Crippen molar-refractivity contribution in [2.45, 2.75) is 44.9 Å². The van der Waals surface area contributed by atoms with Crippen LogP contribution >= 0.6 is 11.6 Å². The predicted molar refractivity (Wildman–Crippen MR) is 150 cm³/mol. The van der Waals surface area contributed by atoms with Crippen molar-refractivity contribution < 1.29 is 18.6 Å². The molecule has 1 atom stereocenters. The van der Waals surface area contributed by atoms with Crippen molar-refractivity contribution in [1.29, 1.82) is 0 Å². The highest BCUT2D eigenvalue weighted by atomic mass is 35.5. The van der Waals surface area contributed by atoms with Gasteiger partial charge in [0.05, 0.1) is 31.0 Å². The normalized spacial score (nSPS) is 15.2. The Balaban J connectivity index is 1.59. The molecule has 39 heavy (non-hydrogen) atoms. The Kier molecular flexibility index (Phi) is 7.61. The van der Waals surface area contributed by atoms with Gasteiger partial charge in [0.15, 0.2) is 17.2 Å². The topological polar surface area (TPSA) is 105 Å². The van der Waals surface area contributed by atoms with Crippen LogP contribution in [0, 0.1) is 5.82 Å². The van der Waals surface area contributed by atoms with E-state index in [0.29, 0.717) is 46.3 Å². The minimum Gasteiger partial charge on any atom is -0.490 e. The van der Waals surface area contributed by atoms with Gasteiger partial charge in [-0.2, -0.15) is 4.98 Å². The highest BCUT2D eigenvalue weighted by molar-refractivity contribution is 6.76. The van der Waals surface area contributed by atoms with E-state index in [-0.39, 0.29) is 30.7 Å². The van der Waals surface area contributed by atoms with E-state index in [1.165, 1.54) is 23.9 Å². The molecular formula is C26H30ClFN6O4Si. The molecule has 1 N–H and O–H groups in total. The summed E-state index contributed by atoms with van der Waals surface area (Å²) in [6, 6.07) is 6.84. The van der Waals surface area contributed by atoms with Gasteiger partial charge in [-0.1, -0.05) is 43.4 Å². The molecule has 0 saturated heterocycles. The van der Waals surface area contributed by atoms with Gasteiger partial charge in [-0.3, -0.25) is 9.13 Å². The lowest BCUT2D eigenvalue weighted by molar-refractivity contribution is 0.0868. The largest absolute Gasteiger partial charge is 0.490 e. The Labute approximate surface area is 230 Å². The van der Waals surface area contributed by atoms with Crippen molar-refractivity contribution in [3.8, 4) is 11.6 Å². The minimum atomic E-state index is -1.31. The third kappa shape index (κ3) is 5.63. The summed E-state index contributed by atoms with van der Waals surface area (Å²) >= 11 is 6.13. The molecule has 3 aromatic heterocycles. The molecule has 0 radical (unpaired) electrons. The second kappa shape index (κ2) is 10.9. The van der Waals surface area contributed by atoms with Crippen LogP contribution in [0.25, 0.3) is 11.2 Å². The zero-order valence-electron chi connectivity index (χ0n) is 22.2. The van der Waals surface area contributed by atoms with Gasteiger partial charge in [-0.15, -0.1) is 0 Å². The quantitative estimate of drug-likeness (QED) is 0.215. The number of rotatable bonds is 9. The zero-order chi connectivity index (χ0) is 27.7. The van der Waals surface area contributed by atoms with Crippen molar-refractivity contribution >= 4 is 42.5 Å². The number of hydrogen-bond donors (Lipinski definition) is 1. The molecule has 5 rings (SSSR count). The van der Waals surface area contributed by atoms with Gasteiger partial charge in [0, 0.05) is 32.9 Å². The van der Waals surface area contributed by atoms with E-state index in [1.54, 1.807) is 29.0 Å². The van der Waals surface area contributed by atoms with Gasteiger partial charge >= 0.3 is 5.69 Å². The van der Waals surface area contributed by atoms with Crippen LogP contribution in [0.1, 0.15) is 18.0 Å². The number of fused-ring (bicyclic) bond motifs is 2. The predicted octanol–water partition coefficient (Wildman–Crippen LogP) is 5.22. The second-order valence-electron chi connectivity index (χ2n) is 10.5. The molecule has 0 amide bonds. The van der Waals surface area contributed by atoms with E-state index in [2.05, 4.69) is 34.9 Å². The number of halogens is 2. The first-order valence-corrected chi connectivity index (χ1v) is 16.7. The van der Waals surface area contributed by atoms with Crippen molar-refractivity contribution in [2.24, 2.45) is 0 Å². The van der Waals surface area contributed by atoms with Crippen LogP contribution in [0.4, 0.5) is 16.0 Å². The van der Waals surface area contributed by atoms with E-state index in [1.807, 2.05) is 0 Å². The van der Waals surface area contributed by atoms with Crippen LogP contribution in [0.3, 0.4) is 0 Å². The van der Waals surface area contributed by atoms with Gasteiger partial charge in [-0.05, 0) is 18.2 Å². The zero-order valence-corrected chi connectivity index (χ0v) is 24.0. The van der Waals surface area contributed by atoms with Crippen molar-refractivity contribution in [3.05, 3.63) is 63.5 Å². The molecular weight excluding hydrogens is 543 g/mol. The Hall–Kier alpha value is -3.48. The number of nitrogens with one attached hydrogen (secondary N) is 1. The first kappa shape index (κ1) is 27.1. The molecule has 4 aromatic rings. The highest BCUT2D eigenvalue weighted by Gasteiger charge is 2.30. The number of nitrogens with zero attached hydrogens (tertiary/aromatic N) is 5. The fourth-order valence-electron chi connectivity index (χ4n) is 4.49. The second-order valence-corrected chi connectivity index (χ2v) is 16.5. The number of methoxy groups -OCH3 is 1. The summed E-state index contributed by atoms with van der Waals surface area (Å²) in [6.45, 7) is 7.65. The molecule has 1 unspecified atom stereocenters. The van der Waals surface area contributed by atoms with E-state index in [0.717, 1.165) is 6.04 Å². The summed E-state index contributed by atoms with van der Waals surface area (Å²) in [5.74, 6) is 0.195. The first-order chi connectivity index (χ1) is 18.7. The smallest absolute Gasteiger partial charge is 0.332 e. The Morgan fingerprint density at radius 1 is 1.26 bits per heavy atom. The lowest BCUT2D eigenvalue weighted by Crippen LogP contribution is -2.32. The number of imidazole rings is 1. The van der Waals surface area contributed by atoms with Crippen LogP contribution in [-0.2, 0) is 11.5 Å². The number of anilines is 2. The molecule has 0 fully saturated rings. The van der Waals surface area contributed by atoms with Gasteiger partial charge in [0.25, 0.3) is 0 Å². The Morgan fingerprint density at radius 2 is 2.08 bits per heavy atom. The summed E-state index contributed by atoms with van der Waals surface area (Å²) in [7, 11) is 0.182. The van der Waals surface area contributed by atoms with Gasteiger partial charge < -0.3 is 19.5 Å². The van der Waals surface area contributed by atoms with E-state index in [4.69, 9.17) is 30.8 Å². The molecule has 0 aliphatic carbocycles. The third-order valence-corrected chi connectivity index (χ3v) is 8.40. The fourth-order valence-corrected chi connectivity index (χ4v) is 5.41. The molecule has 4 heterocycles. The highest BCUT2D eigenvalue weighted by Crippen LogP contribution is 2.37. The average molecular weight is 573 g/mol. The number of para-hydroxylation sites is 1. The maximum Gasteiger partial charge on any atom is 0.332 e. The van der Waals surface area contributed by atoms with Gasteiger partial charge in [0.2, 0.25) is 11.8 Å². The minimum absolute atomic E-state index is 0.0498. The van der Waals surface area contributed by atoms with Crippen molar-refractivity contribution in [2.75, 3.05) is 25.6 Å². The molecule has 13 heteroatoms. The molecule has 1 aliphatic heterocycles. The first-order valence-electron chi connectivity index (χ1n) is 12.6. The van der Waals surface area contributed by atoms with E-state index >= 15 is 0 Å². The third-order valence-electron chi connectivity index (χ3n) is 6.49. The number of benzene rings is 1. The summed E-state index contributed by atoms with van der Waals surface area (Å²) in [4.78, 5) is 27.2. The van der Waals surface area contributed by atoms with Gasteiger partial charge in [-0.25, -0.2) is 19.2 Å². The fraction of sp³-hybridized carbons (Fsp3) is 0.385. The summed E-state index contributed by atoms with van der Waals surface area (Å²) < 4.78 is 34.5. The summed E-state index contributed by atoms with van der Waals surface area (Å²) in [5, 5.41) is 3.48. The lowest BCUT2D eigenvalue weighted by atomic mass is 10.00. The monoisotopic (exact) mass is 572 g/mol. The molecule has 206 valence electrons. The average Bonchev–Trinajstić information content (AvgIpc) is 3.16. The van der Waals surface area contributed by atoms with Crippen LogP contribution in [0.2, 0.25) is 30.7 Å². The molecule has 1 aromatic carbocycles. The van der Waals surface area contributed by atoms with Crippen molar-refractivity contribution in [1.82, 2.24) is 24.1 Å². The number of hydrogen-bond acceptors (Lipinski definition) is 8. The number of aromatic nitrogens is 5. The number of ether oxygens (including phenoxy) is 3. The molecule has 0 saturated carbocycles.